The summed E-state index contributed by atoms with van der Waals surface area (Å²) in [6, 6.07) is 35.9. The number of phenols is 1. The Balaban J connectivity index is 0.00000302. The molecule has 191 valence electrons. The third kappa shape index (κ3) is 5.17. The van der Waals surface area contributed by atoms with Gasteiger partial charge in [0.1, 0.15) is 11.3 Å². The van der Waals surface area contributed by atoms with E-state index < -0.39 is 0 Å². The maximum absolute atomic E-state index is 11.6. The largest absolute Gasteiger partial charge is 0.506 e. The smallest absolute Gasteiger partial charge is 0.231 e. The zero-order valence-corrected chi connectivity index (χ0v) is 22.4. The van der Waals surface area contributed by atoms with E-state index in [2.05, 4.69) is 39.2 Å². The predicted molar refractivity (Wildman–Crippen MR) is 164 cm³/mol. The summed E-state index contributed by atoms with van der Waals surface area (Å²) in [7, 11) is 0. The first-order valence-electron chi connectivity index (χ1n) is 13.0. The third-order valence-electron chi connectivity index (χ3n) is 7.04. The fourth-order valence-electron chi connectivity index (χ4n) is 4.94. The Bertz CT molecular complexity index is 1900. The number of aromatic nitrogens is 3. The van der Waals surface area contributed by atoms with Gasteiger partial charge in [-0.1, -0.05) is 72.8 Å². The first-order chi connectivity index (χ1) is 19.7. The summed E-state index contributed by atoms with van der Waals surface area (Å²) in [6.07, 6.45) is 7.23. The number of pyridine rings is 2. The van der Waals surface area contributed by atoms with Crippen LogP contribution < -0.4 is 0 Å². The fourth-order valence-corrected chi connectivity index (χ4v) is 4.94. The molecular weight excluding hydrogens is 501 g/mol. The van der Waals surface area contributed by atoms with Crippen LogP contribution in [0, 0.1) is 0 Å². The zero-order chi connectivity index (χ0) is 26.9. The normalized spacial score (nSPS) is 10.8. The molecule has 4 aromatic carbocycles. The van der Waals surface area contributed by atoms with Gasteiger partial charge in [0.05, 0.1) is 5.56 Å². The van der Waals surface area contributed by atoms with E-state index in [1.54, 1.807) is 12.4 Å². The zero-order valence-electron chi connectivity index (χ0n) is 22.4. The summed E-state index contributed by atoms with van der Waals surface area (Å²) in [5, 5.41) is 11.6. The number of rotatable bonds is 5. The molecule has 0 spiro atoms. The van der Waals surface area contributed by atoms with Crippen molar-refractivity contribution >= 4 is 30.0 Å². The summed E-state index contributed by atoms with van der Waals surface area (Å²) < 4.78 is 6.09. The van der Waals surface area contributed by atoms with Crippen LogP contribution in [0.5, 0.6) is 5.75 Å². The first-order valence-corrected chi connectivity index (χ1v) is 13.0. The van der Waals surface area contributed by atoms with Crippen molar-refractivity contribution in [3.63, 3.8) is 0 Å². The van der Waals surface area contributed by atoms with Crippen LogP contribution in [0.4, 0.5) is 0 Å². The maximum Gasteiger partial charge on any atom is 0.231 e. The van der Waals surface area contributed by atoms with E-state index in [1.165, 1.54) is 0 Å². The van der Waals surface area contributed by atoms with Gasteiger partial charge in [-0.05, 0) is 75.3 Å². The van der Waals surface area contributed by atoms with E-state index >= 15 is 0 Å². The second-order valence-corrected chi connectivity index (χ2v) is 9.54. The van der Waals surface area contributed by atoms with E-state index in [9.17, 15) is 5.11 Å². The molecule has 1 N–H and O–H groups in total. The van der Waals surface area contributed by atoms with Gasteiger partial charge in [0.2, 0.25) is 5.89 Å². The van der Waals surface area contributed by atoms with Crippen molar-refractivity contribution in [2.45, 2.75) is 0 Å². The van der Waals surface area contributed by atoms with Gasteiger partial charge in [-0.25, -0.2) is 4.98 Å². The molecule has 3 aromatic heterocycles. The molecular formula is C35H23LiN3O2. The second kappa shape index (κ2) is 11.3. The molecule has 7 rings (SSSR count). The van der Waals surface area contributed by atoms with Crippen molar-refractivity contribution in [2.24, 2.45) is 0 Å². The van der Waals surface area contributed by atoms with Gasteiger partial charge in [0, 0.05) is 49.2 Å². The number of fused-ring (bicyclic) bond motifs is 1. The van der Waals surface area contributed by atoms with Crippen molar-refractivity contribution < 1.29 is 9.52 Å². The molecule has 41 heavy (non-hydrogen) atoms. The Hall–Kier alpha value is -4.95. The number of hydrogen-bond donors (Lipinski definition) is 1. The van der Waals surface area contributed by atoms with Crippen LogP contribution in [0.3, 0.4) is 0 Å². The Labute approximate surface area is 249 Å². The maximum atomic E-state index is 11.6. The van der Waals surface area contributed by atoms with Crippen LogP contribution in [-0.2, 0) is 0 Å². The van der Waals surface area contributed by atoms with Gasteiger partial charge < -0.3 is 9.52 Å². The van der Waals surface area contributed by atoms with Gasteiger partial charge >= 0.3 is 0 Å². The van der Waals surface area contributed by atoms with Crippen molar-refractivity contribution in [1.29, 1.82) is 0 Å². The van der Waals surface area contributed by atoms with Gasteiger partial charge in [0.15, 0.2) is 5.58 Å². The molecule has 0 amide bonds. The fraction of sp³-hybridized carbons (Fsp3) is 0. The molecule has 5 nitrogen and oxygen atoms in total. The molecule has 1 radical (unpaired) electrons. The molecule has 0 fully saturated rings. The molecule has 3 heterocycles. The average Bonchev–Trinajstić information content (AvgIpc) is 3.47. The summed E-state index contributed by atoms with van der Waals surface area (Å²) >= 11 is 0. The molecule has 0 bridgehead atoms. The second-order valence-electron chi connectivity index (χ2n) is 9.54. The molecule has 7 aromatic rings. The minimum Gasteiger partial charge on any atom is -0.506 e. The topological polar surface area (TPSA) is 72.0 Å². The summed E-state index contributed by atoms with van der Waals surface area (Å²) in [6.45, 7) is 0. The predicted octanol–water partition coefficient (Wildman–Crippen LogP) is 8.28. The Morgan fingerprint density at radius 2 is 1.05 bits per heavy atom. The van der Waals surface area contributed by atoms with E-state index in [1.807, 2.05) is 97.3 Å². The summed E-state index contributed by atoms with van der Waals surface area (Å²) in [5.74, 6) is 0.497. The molecule has 0 saturated carbocycles. The molecule has 0 aliphatic carbocycles. The number of nitrogens with zero attached hydrogens (tertiary/aromatic N) is 3. The van der Waals surface area contributed by atoms with Crippen molar-refractivity contribution in [3.05, 3.63) is 134 Å². The molecule has 0 atom stereocenters. The minimum atomic E-state index is 0. The van der Waals surface area contributed by atoms with Crippen LogP contribution in [-0.4, -0.2) is 38.9 Å². The first kappa shape index (κ1) is 26.3. The number of hydrogen-bond acceptors (Lipinski definition) is 5. The van der Waals surface area contributed by atoms with Crippen LogP contribution in [0.1, 0.15) is 0 Å². The van der Waals surface area contributed by atoms with Gasteiger partial charge in [-0.15, -0.1) is 0 Å². The molecule has 0 unspecified atom stereocenters. The number of para-hydroxylation sites is 2. The van der Waals surface area contributed by atoms with E-state index in [0.717, 1.165) is 44.5 Å². The quantitative estimate of drug-likeness (QED) is 0.229. The van der Waals surface area contributed by atoms with Gasteiger partial charge in [0.25, 0.3) is 0 Å². The van der Waals surface area contributed by atoms with Gasteiger partial charge in [-0.3, -0.25) is 9.97 Å². The summed E-state index contributed by atoms with van der Waals surface area (Å²) in [4.78, 5) is 13.1. The number of phenolic OH excluding ortho intramolecular Hbond substituents is 1. The van der Waals surface area contributed by atoms with Crippen LogP contribution in [0.2, 0.25) is 0 Å². The summed E-state index contributed by atoms with van der Waals surface area (Å²) in [5.41, 5.74) is 9.72. The van der Waals surface area contributed by atoms with Crippen LogP contribution in [0.15, 0.2) is 138 Å². The van der Waals surface area contributed by atoms with E-state index in [0.29, 0.717) is 22.6 Å². The molecule has 0 aliphatic rings. The minimum absolute atomic E-state index is 0. The number of aromatic hydroxyl groups is 1. The van der Waals surface area contributed by atoms with Gasteiger partial charge in [-0.2, -0.15) is 0 Å². The monoisotopic (exact) mass is 524 g/mol. The average molecular weight is 525 g/mol. The molecule has 0 saturated heterocycles. The number of oxazole rings is 1. The van der Waals surface area contributed by atoms with Crippen LogP contribution >= 0.6 is 0 Å². The SMILES string of the molecule is Oc1c(-c2ccc(-c3cccnc3)cc2)cc(-c2ccc(-c3cccnc3)cc2)cc1-c1nc2ccccc2o1.[Li]. The van der Waals surface area contributed by atoms with E-state index in [-0.39, 0.29) is 24.6 Å². The third-order valence-corrected chi connectivity index (χ3v) is 7.04. The van der Waals surface area contributed by atoms with Crippen LogP contribution in [0.25, 0.3) is 67.1 Å². The Kier molecular flexibility index (Phi) is 7.22. The Morgan fingerprint density at radius 3 is 1.61 bits per heavy atom. The van der Waals surface area contributed by atoms with Crippen molar-refractivity contribution in [2.75, 3.05) is 0 Å². The molecule has 6 heteroatoms. The van der Waals surface area contributed by atoms with E-state index in [4.69, 9.17) is 4.42 Å². The van der Waals surface area contributed by atoms with Crippen molar-refractivity contribution in [3.8, 4) is 61.7 Å². The standard InChI is InChI=1S/C35H23N3O2.Li/c39-34-30(26-15-13-24(14-16-26)28-6-4-18-37-22-28)19-29(20-31(34)35-38-32-7-1-2-8-33(32)40-35)25-11-9-23(10-12-25)27-5-3-17-36-21-27;/h1-22,39H;. The number of benzene rings is 4. The molecule has 0 aliphatic heterocycles. The Morgan fingerprint density at radius 1 is 0.512 bits per heavy atom. The van der Waals surface area contributed by atoms with Crippen molar-refractivity contribution in [1.82, 2.24) is 15.0 Å².